The number of fused-ring (bicyclic) bond motifs is 7. The molecule has 5 aliphatic rings. The Morgan fingerprint density at radius 3 is 2.17 bits per heavy atom. The molecule has 4 fully saturated rings. The molecule has 0 spiro atoms. The number of carbonyl (C=O) groups excluding carboxylic acids is 1. The fourth-order valence-electron chi connectivity index (χ4n) is 11.7. The number of hydrogen-bond donors (Lipinski definition) is 3. The molecule has 3 N–H and O–H groups in total. The zero-order valence-corrected chi connectivity index (χ0v) is 27.4. The van der Waals surface area contributed by atoms with Gasteiger partial charge >= 0.3 is 11.9 Å². The third kappa shape index (κ3) is 4.67. The molecule has 0 bridgehead atoms. The summed E-state index contributed by atoms with van der Waals surface area (Å²) in [5.41, 5.74) is 1.33. The number of allylic oxidation sites excluding steroid dienone is 2. The lowest BCUT2D eigenvalue weighted by molar-refractivity contribution is -0.192. The molecule has 4 saturated carbocycles. The lowest BCUT2D eigenvalue weighted by atomic mass is 9.33. The SMILES string of the molecule is CC1(C)CC[C@]2(C(=O)O)CC[C@]3(C)C(=CCC4[C@@]5(C)CC[C@H](NC(=O)CCCCC(=O)O)C(C)(C)C5CC[C@]43C)C2C1. The van der Waals surface area contributed by atoms with Gasteiger partial charge in [0, 0.05) is 18.9 Å². The fourth-order valence-corrected chi connectivity index (χ4v) is 11.7. The second kappa shape index (κ2) is 10.4. The number of carboxylic acids is 2. The molecule has 0 radical (unpaired) electrons. The van der Waals surface area contributed by atoms with Gasteiger partial charge < -0.3 is 15.5 Å². The van der Waals surface area contributed by atoms with E-state index in [-0.39, 0.29) is 51.4 Å². The van der Waals surface area contributed by atoms with Gasteiger partial charge in [-0.15, -0.1) is 0 Å². The zero-order chi connectivity index (χ0) is 30.9. The summed E-state index contributed by atoms with van der Waals surface area (Å²) in [6.45, 7) is 17.0. The fraction of sp³-hybridized carbons (Fsp3) is 0.861. The summed E-state index contributed by atoms with van der Waals surface area (Å²) in [4.78, 5) is 36.6. The van der Waals surface area contributed by atoms with Crippen molar-refractivity contribution in [1.82, 2.24) is 5.32 Å². The highest BCUT2D eigenvalue weighted by atomic mass is 16.4. The summed E-state index contributed by atoms with van der Waals surface area (Å²) < 4.78 is 0. The third-order valence-corrected chi connectivity index (χ3v) is 14.5. The van der Waals surface area contributed by atoms with Crippen molar-refractivity contribution in [2.24, 2.45) is 50.2 Å². The lowest BCUT2D eigenvalue weighted by Crippen LogP contribution is -2.66. The number of nitrogens with one attached hydrogen (secondary N) is 1. The summed E-state index contributed by atoms with van der Waals surface area (Å²) in [5.74, 6) is -0.138. The van der Waals surface area contributed by atoms with Crippen molar-refractivity contribution in [3.8, 4) is 0 Å². The maximum atomic E-state index is 12.9. The number of amides is 1. The van der Waals surface area contributed by atoms with Crippen LogP contribution >= 0.6 is 0 Å². The number of carboxylic acid groups (broad SMARTS) is 2. The van der Waals surface area contributed by atoms with E-state index in [1.165, 1.54) is 5.57 Å². The van der Waals surface area contributed by atoms with Gasteiger partial charge in [0.1, 0.15) is 0 Å². The molecule has 0 aliphatic heterocycles. The van der Waals surface area contributed by atoms with Gasteiger partial charge in [0.05, 0.1) is 5.41 Å². The zero-order valence-electron chi connectivity index (χ0n) is 27.4. The maximum Gasteiger partial charge on any atom is 0.310 e. The van der Waals surface area contributed by atoms with Gasteiger partial charge in [-0.3, -0.25) is 14.4 Å². The van der Waals surface area contributed by atoms with Crippen molar-refractivity contribution in [2.75, 3.05) is 0 Å². The van der Waals surface area contributed by atoms with E-state index in [1.807, 2.05) is 0 Å². The van der Waals surface area contributed by atoms with E-state index in [4.69, 9.17) is 5.11 Å². The topological polar surface area (TPSA) is 104 Å². The monoisotopic (exact) mass is 583 g/mol. The van der Waals surface area contributed by atoms with Crippen LogP contribution in [0.15, 0.2) is 11.6 Å². The molecule has 0 saturated heterocycles. The minimum atomic E-state index is -0.803. The molecule has 1 amide bonds. The molecule has 3 unspecified atom stereocenters. The summed E-state index contributed by atoms with van der Waals surface area (Å²) in [7, 11) is 0. The normalized spacial score (nSPS) is 43.5. The van der Waals surface area contributed by atoms with Crippen LogP contribution in [0.25, 0.3) is 0 Å². The molecule has 236 valence electrons. The number of unbranched alkanes of at least 4 members (excludes halogenated alkanes) is 1. The van der Waals surface area contributed by atoms with E-state index in [0.29, 0.717) is 31.1 Å². The van der Waals surface area contributed by atoms with Crippen LogP contribution in [0.1, 0.15) is 138 Å². The van der Waals surface area contributed by atoms with Crippen molar-refractivity contribution in [1.29, 1.82) is 0 Å². The Hall–Kier alpha value is -1.85. The van der Waals surface area contributed by atoms with E-state index >= 15 is 0 Å². The predicted molar refractivity (Wildman–Crippen MR) is 165 cm³/mol. The maximum absolute atomic E-state index is 12.9. The Kier molecular flexibility index (Phi) is 7.79. The van der Waals surface area contributed by atoms with Crippen LogP contribution in [0.5, 0.6) is 0 Å². The molecule has 42 heavy (non-hydrogen) atoms. The van der Waals surface area contributed by atoms with E-state index < -0.39 is 17.4 Å². The first-order valence-electron chi connectivity index (χ1n) is 16.9. The van der Waals surface area contributed by atoms with Crippen molar-refractivity contribution >= 4 is 17.8 Å². The van der Waals surface area contributed by atoms with Gasteiger partial charge in [0.25, 0.3) is 0 Å². The number of carbonyl (C=O) groups is 3. The molecule has 0 aromatic heterocycles. The first-order chi connectivity index (χ1) is 19.4. The number of rotatable bonds is 7. The minimum Gasteiger partial charge on any atom is -0.481 e. The van der Waals surface area contributed by atoms with E-state index in [2.05, 4.69) is 59.9 Å². The van der Waals surface area contributed by atoms with Crippen LogP contribution in [0.4, 0.5) is 0 Å². The van der Waals surface area contributed by atoms with E-state index in [1.54, 1.807) is 0 Å². The Morgan fingerprint density at radius 1 is 0.833 bits per heavy atom. The Labute approximate surface area is 253 Å². The van der Waals surface area contributed by atoms with Gasteiger partial charge in [-0.25, -0.2) is 0 Å². The second-order valence-electron chi connectivity index (χ2n) is 17.3. The van der Waals surface area contributed by atoms with Crippen molar-refractivity contribution in [3.05, 3.63) is 11.6 Å². The Morgan fingerprint density at radius 2 is 1.50 bits per heavy atom. The highest BCUT2D eigenvalue weighted by molar-refractivity contribution is 5.77. The first-order valence-corrected chi connectivity index (χ1v) is 16.9. The summed E-state index contributed by atoms with van der Waals surface area (Å²) in [5, 5.41) is 22.9. The van der Waals surface area contributed by atoms with E-state index in [0.717, 1.165) is 64.2 Å². The predicted octanol–water partition coefficient (Wildman–Crippen LogP) is 8.00. The quantitative estimate of drug-likeness (QED) is 0.208. The molecular formula is C36H57NO5. The Balaban J connectivity index is 1.39. The lowest BCUT2D eigenvalue weighted by Gasteiger charge is -2.71. The Bertz CT molecular complexity index is 1160. The van der Waals surface area contributed by atoms with Gasteiger partial charge in [0.15, 0.2) is 0 Å². The van der Waals surface area contributed by atoms with Crippen LogP contribution in [0, 0.1) is 50.2 Å². The molecular weight excluding hydrogens is 526 g/mol. The van der Waals surface area contributed by atoms with Crippen molar-refractivity contribution in [3.63, 3.8) is 0 Å². The smallest absolute Gasteiger partial charge is 0.310 e. The summed E-state index contributed by atoms with van der Waals surface area (Å²) in [6.07, 6.45) is 14.2. The number of hydrogen-bond acceptors (Lipinski definition) is 3. The van der Waals surface area contributed by atoms with Crippen molar-refractivity contribution in [2.45, 2.75) is 144 Å². The van der Waals surface area contributed by atoms with Gasteiger partial charge in [-0.1, -0.05) is 60.1 Å². The molecule has 0 heterocycles. The highest BCUT2D eigenvalue weighted by Gasteiger charge is 2.69. The van der Waals surface area contributed by atoms with Crippen LogP contribution in [0.2, 0.25) is 0 Å². The molecule has 0 aromatic rings. The van der Waals surface area contributed by atoms with Crippen LogP contribution in [-0.2, 0) is 14.4 Å². The molecule has 8 atom stereocenters. The number of aliphatic carboxylic acids is 2. The molecule has 6 nitrogen and oxygen atoms in total. The van der Waals surface area contributed by atoms with Crippen LogP contribution in [-0.4, -0.2) is 34.1 Å². The van der Waals surface area contributed by atoms with Gasteiger partial charge in [0.2, 0.25) is 5.91 Å². The van der Waals surface area contributed by atoms with Gasteiger partial charge in [-0.2, -0.15) is 0 Å². The first kappa shape index (κ1) is 31.6. The highest BCUT2D eigenvalue weighted by Crippen LogP contribution is 2.75. The molecule has 5 rings (SSSR count). The van der Waals surface area contributed by atoms with Crippen LogP contribution in [0.3, 0.4) is 0 Å². The van der Waals surface area contributed by atoms with Crippen molar-refractivity contribution < 1.29 is 24.6 Å². The molecule has 5 aliphatic carbocycles. The third-order valence-electron chi connectivity index (χ3n) is 14.5. The second-order valence-corrected chi connectivity index (χ2v) is 17.3. The molecule has 0 aromatic carbocycles. The summed E-state index contributed by atoms with van der Waals surface area (Å²) >= 11 is 0. The molecule has 6 heteroatoms. The summed E-state index contributed by atoms with van der Waals surface area (Å²) in [6, 6.07) is 0.132. The van der Waals surface area contributed by atoms with E-state index in [9.17, 15) is 19.5 Å². The van der Waals surface area contributed by atoms with Gasteiger partial charge in [-0.05, 0) is 122 Å². The van der Waals surface area contributed by atoms with Crippen LogP contribution < -0.4 is 5.32 Å². The largest absolute Gasteiger partial charge is 0.481 e. The minimum absolute atomic E-state index is 0.0199. The average Bonchev–Trinajstić information content (AvgIpc) is 2.88. The standard InChI is InChI=1S/C36H57NO5/c1-31(2)18-20-36(30(41)42)21-19-34(6)23(24(36)22-31)12-13-26-33(5)16-15-27(37-28(38)10-8-9-11-29(39)40)32(3,4)25(33)14-17-35(26,34)7/h12,24-27H,8-11,13-22H2,1-7H3,(H,37,38)(H,39,40)(H,41,42)/t24?,25?,26?,27-,33-,34+,35+,36-/m0/s1. The average molecular weight is 584 g/mol.